The average molecular weight is 274 g/mol. The first-order valence-electron chi connectivity index (χ1n) is 6.98. The molecule has 1 unspecified atom stereocenters. The summed E-state index contributed by atoms with van der Waals surface area (Å²) in [4.78, 5) is 23.3. The molecule has 1 aliphatic rings. The Morgan fingerprint density at radius 3 is 2.10 bits per heavy atom. The Morgan fingerprint density at radius 1 is 1.10 bits per heavy atom. The molecule has 0 spiro atoms. The van der Waals surface area contributed by atoms with E-state index in [1.165, 1.54) is 0 Å². The van der Waals surface area contributed by atoms with Gasteiger partial charge in [-0.3, -0.25) is 9.59 Å². The van der Waals surface area contributed by atoms with Crippen LogP contribution < -0.4 is 11.5 Å². The summed E-state index contributed by atoms with van der Waals surface area (Å²) in [6.07, 6.45) is 2.47. The Hall–Kier alpha value is -1.84. The minimum Gasteiger partial charge on any atom is -0.366 e. The van der Waals surface area contributed by atoms with Crippen LogP contribution in [-0.4, -0.2) is 11.8 Å². The Bertz CT molecular complexity index is 576. The van der Waals surface area contributed by atoms with Crippen LogP contribution in [0.1, 0.15) is 59.0 Å². The van der Waals surface area contributed by atoms with Gasteiger partial charge in [-0.15, -0.1) is 0 Å². The third kappa shape index (κ3) is 2.42. The molecule has 0 aliphatic heterocycles. The van der Waals surface area contributed by atoms with E-state index < -0.39 is 11.8 Å². The number of carbonyl (C=O) groups excluding carboxylic acids is 2. The SMILES string of the molecule is CC1Cc2c(C(N)=O)ccc(C(N)=O)c2CCC1(C)C. The molecule has 1 aromatic carbocycles. The van der Waals surface area contributed by atoms with Gasteiger partial charge >= 0.3 is 0 Å². The molecule has 2 rings (SSSR count). The van der Waals surface area contributed by atoms with E-state index in [1.807, 2.05) is 0 Å². The number of amides is 2. The van der Waals surface area contributed by atoms with Crippen molar-refractivity contribution in [3.8, 4) is 0 Å². The van der Waals surface area contributed by atoms with E-state index in [0.717, 1.165) is 30.4 Å². The zero-order chi connectivity index (χ0) is 15.1. The summed E-state index contributed by atoms with van der Waals surface area (Å²) in [5.41, 5.74) is 14.0. The lowest BCUT2D eigenvalue weighted by Gasteiger charge is -2.29. The van der Waals surface area contributed by atoms with E-state index in [1.54, 1.807) is 12.1 Å². The molecule has 0 bridgehead atoms. The van der Waals surface area contributed by atoms with Crippen molar-refractivity contribution < 1.29 is 9.59 Å². The fraction of sp³-hybridized carbons (Fsp3) is 0.500. The van der Waals surface area contributed by atoms with Crippen LogP contribution >= 0.6 is 0 Å². The maximum absolute atomic E-state index is 11.6. The van der Waals surface area contributed by atoms with E-state index in [2.05, 4.69) is 20.8 Å². The molecule has 0 radical (unpaired) electrons. The lowest BCUT2D eigenvalue weighted by molar-refractivity contribution is 0.0986. The first kappa shape index (κ1) is 14.6. The molecular weight excluding hydrogens is 252 g/mol. The third-order valence-electron chi connectivity index (χ3n) is 4.83. The molecule has 0 heterocycles. The first-order valence-corrected chi connectivity index (χ1v) is 6.98. The van der Waals surface area contributed by atoms with Gasteiger partial charge in [0.25, 0.3) is 0 Å². The smallest absolute Gasteiger partial charge is 0.248 e. The van der Waals surface area contributed by atoms with Gasteiger partial charge in [0.2, 0.25) is 11.8 Å². The normalized spacial score (nSPS) is 20.9. The van der Waals surface area contributed by atoms with Crippen LogP contribution in [0.25, 0.3) is 0 Å². The molecular formula is C16H22N2O2. The van der Waals surface area contributed by atoms with Gasteiger partial charge in [-0.05, 0) is 53.9 Å². The number of nitrogens with two attached hydrogens (primary N) is 2. The van der Waals surface area contributed by atoms with Gasteiger partial charge < -0.3 is 11.5 Å². The maximum Gasteiger partial charge on any atom is 0.248 e. The highest BCUT2D eigenvalue weighted by molar-refractivity contribution is 5.99. The third-order valence-corrected chi connectivity index (χ3v) is 4.83. The minimum absolute atomic E-state index is 0.156. The Morgan fingerprint density at radius 2 is 1.60 bits per heavy atom. The first-order chi connectivity index (χ1) is 9.24. The molecule has 20 heavy (non-hydrogen) atoms. The molecule has 0 saturated heterocycles. The van der Waals surface area contributed by atoms with Crippen LogP contribution in [0.2, 0.25) is 0 Å². The van der Waals surface area contributed by atoms with Crippen LogP contribution in [0.3, 0.4) is 0 Å². The summed E-state index contributed by atoms with van der Waals surface area (Å²) >= 11 is 0. The molecule has 0 saturated carbocycles. The second-order valence-electron chi connectivity index (χ2n) is 6.44. The molecule has 4 heteroatoms. The number of hydrogen-bond acceptors (Lipinski definition) is 2. The highest BCUT2D eigenvalue weighted by atomic mass is 16.1. The summed E-state index contributed by atoms with van der Waals surface area (Å²) in [6.45, 7) is 6.62. The fourth-order valence-electron chi connectivity index (χ4n) is 2.95. The van der Waals surface area contributed by atoms with E-state index in [-0.39, 0.29) is 5.41 Å². The van der Waals surface area contributed by atoms with Crippen molar-refractivity contribution in [1.82, 2.24) is 0 Å². The van der Waals surface area contributed by atoms with Crippen LogP contribution in [-0.2, 0) is 12.8 Å². The van der Waals surface area contributed by atoms with Crippen LogP contribution in [0.4, 0.5) is 0 Å². The summed E-state index contributed by atoms with van der Waals surface area (Å²) in [6, 6.07) is 3.26. The lowest BCUT2D eigenvalue weighted by Crippen LogP contribution is -2.23. The second kappa shape index (κ2) is 4.93. The van der Waals surface area contributed by atoms with Gasteiger partial charge in [0.15, 0.2) is 0 Å². The van der Waals surface area contributed by atoms with Gasteiger partial charge in [0, 0.05) is 11.1 Å². The van der Waals surface area contributed by atoms with Crippen molar-refractivity contribution in [1.29, 1.82) is 0 Å². The molecule has 4 nitrogen and oxygen atoms in total. The number of fused-ring (bicyclic) bond motifs is 1. The second-order valence-corrected chi connectivity index (χ2v) is 6.44. The van der Waals surface area contributed by atoms with Gasteiger partial charge in [-0.25, -0.2) is 0 Å². The van der Waals surface area contributed by atoms with Gasteiger partial charge in [0.1, 0.15) is 0 Å². The van der Waals surface area contributed by atoms with Crippen molar-refractivity contribution in [3.05, 3.63) is 34.4 Å². The number of benzene rings is 1. The quantitative estimate of drug-likeness (QED) is 0.808. The fourth-order valence-corrected chi connectivity index (χ4v) is 2.95. The summed E-state index contributed by atoms with van der Waals surface area (Å²) in [5, 5.41) is 0. The summed E-state index contributed by atoms with van der Waals surface area (Å²) < 4.78 is 0. The van der Waals surface area contributed by atoms with Crippen LogP contribution in [0, 0.1) is 11.3 Å². The number of hydrogen-bond donors (Lipinski definition) is 2. The molecule has 4 N–H and O–H groups in total. The zero-order valence-electron chi connectivity index (χ0n) is 12.3. The van der Waals surface area contributed by atoms with E-state index in [0.29, 0.717) is 17.0 Å². The Kier molecular flexibility index (Phi) is 3.59. The van der Waals surface area contributed by atoms with Crippen molar-refractivity contribution in [3.63, 3.8) is 0 Å². The van der Waals surface area contributed by atoms with Gasteiger partial charge in [0.05, 0.1) is 0 Å². The number of primary amides is 2. The molecule has 0 fully saturated rings. The molecule has 1 atom stereocenters. The van der Waals surface area contributed by atoms with E-state index >= 15 is 0 Å². The maximum atomic E-state index is 11.6. The zero-order valence-corrected chi connectivity index (χ0v) is 12.3. The summed E-state index contributed by atoms with van der Waals surface area (Å²) in [5.74, 6) is -0.473. The minimum atomic E-state index is -0.441. The lowest BCUT2D eigenvalue weighted by atomic mass is 9.76. The monoisotopic (exact) mass is 274 g/mol. The summed E-state index contributed by atoms with van der Waals surface area (Å²) in [7, 11) is 0. The highest BCUT2D eigenvalue weighted by Gasteiger charge is 2.32. The Labute approximate surface area is 119 Å². The van der Waals surface area contributed by atoms with Crippen LogP contribution in [0.15, 0.2) is 12.1 Å². The van der Waals surface area contributed by atoms with E-state index in [9.17, 15) is 9.59 Å². The predicted octanol–water partition coefficient (Wildman–Crippen LogP) is 2.04. The van der Waals surface area contributed by atoms with Crippen molar-refractivity contribution in [2.24, 2.45) is 22.8 Å². The van der Waals surface area contributed by atoms with Crippen molar-refractivity contribution >= 4 is 11.8 Å². The molecule has 0 aromatic heterocycles. The van der Waals surface area contributed by atoms with Crippen LogP contribution in [0.5, 0.6) is 0 Å². The standard InChI is InChI=1S/C16H22N2O2/c1-9-8-13-10(6-7-16(9,2)3)11(14(17)19)4-5-12(13)15(18)20/h4-5,9H,6-8H2,1-3H3,(H2,17,19)(H2,18,20). The van der Waals surface area contributed by atoms with Gasteiger partial charge in [-0.1, -0.05) is 20.8 Å². The molecule has 1 aliphatic carbocycles. The molecule has 108 valence electrons. The van der Waals surface area contributed by atoms with E-state index in [4.69, 9.17) is 11.5 Å². The topological polar surface area (TPSA) is 86.2 Å². The van der Waals surface area contributed by atoms with Gasteiger partial charge in [-0.2, -0.15) is 0 Å². The average Bonchev–Trinajstić information content (AvgIpc) is 2.46. The number of rotatable bonds is 2. The number of carbonyl (C=O) groups is 2. The predicted molar refractivity (Wildman–Crippen MR) is 78.4 cm³/mol. The molecule has 1 aromatic rings. The largest absolute Gasteiger partial charge is 0.366 e. The van der Waals surface area contributed by atoms with Crippen molar-refractivity contribution in [2.45, 2.75) is 40.0 Å². The Balaban J connectivity index is 2.64. The highest BCUT2D eigenvalue weighted by Crippen LogP contribution is 2.40. The van der Waals surface area contributed by atoms with Crippen molar-refractivity contribution in [2.75, 3.05) is 0 Å². The molecule has 2 amide bonds.